The van der Waals surface area contributed by atoms with E-state index in [2.05, 4.69) is 10.2 Å². The summed E-state index contributed by atoms with van der Waals surface area (Å²) in [5.74, 6) is -0.898. The number of hydrogen-bond acceptors (Lipinski definition) is 4. The van der Waals surface area contributed by atoms with Crippen LogP contribution < -0.4 is 0 Å². The first kappa shape index (κ1) is 18.2. The fraction of sp³-hybridized carbons (Fsp3) is 0.0870. The van der Waals surface area contributed by atoms with Gasteiger partial charge in [-0.1, -0.05) is 96.2 Å². The fourth-order valence-electron chi connectivity index (χ4n) is 3.09. The Morgan fingerprint density at radius 1 is 0.857 bits per heavy atom. The molecule has 0 aliphatic carbocycles. The Hall–Kier alpha value is -3.18. The van der Waals surface area contributed by atoms with Gasteiger partial charge in [0, 0.05) is 16.3 Å². The Balaban J connectivity index is 1.79. The molecule has 0 aliphatic heterocycles. The van der Waals surface area contributed by atoms with Gasteiger partial charge in [-0.2, -0.15) is 0 Å². The van der Waals surface area contributed by atoms with Crippen LogP contribution in [0.4, 0.5) is 0 Å². The number of benzene rings is 3. The van der Waals surface area contributed by atoms with Gasteiger partial charge in [-0.25, -0.2) is 0 Å². The van der Waals surface area contributed by atoms with Crippen molar-refractivity contribution in [1.29, 1.82) is 0 Å². The number of hydrogen-bond donors (Lipinski definition) is 1. The van der Waals surface area contributed by atoms with Gasteiger partial charge in [0.05, 0.1) is 0 Å². The molecular formula is C23H18N2O2S. The molecule has 0 fully saturated rings. The van der Waals surface area contributed by atoms with Crippen LogP contribution in [0, 0.1) is 6.92 Å². The monoisotopic (exact) mass is 386 g/mol. The number of aromatic nitrogens is 2. The summed E-state index contributed by atoms with van der Waals surface area (Å²) in [6.07, 6.45) is 0. The quantitative estimate of drug-likeness (QED) is 0.457. The van der Waals surface area contributed by atoms with Crippen LogP contribution >= 0.6 is 11.8 Å². The normalized spacial score (nSPS) is 12.0. The third-order valence-electron chi connectivity index (χ3n) is 4.53. The van der Waals surface area contributed by atoms with Crippen molar-refractivity contribution in [2.75, 3.05) is 0 Å². The van der Waals surface area contributed by atoms with E-state index in [0.717, 1.165) is 27.6 Å². The summed E-state index contributed by atoms with van der Waals surface area (Å²) < 4.78 is 0. The Morgan fingerprint density at radius 3 is 2.18 bits per heavy atom. The maximum Gasteiger partial charge on any atom is 0.321 e. The SMILES string of the molecule is Cc1ccc(-c2nnc(S[C@@H](C(=O)O)c3ccccc3)c3ccccc23)cc1. The molecular weight excluding hydrogens is 368 g/mol. The molecule has 1 N–H and O–H groups in total. The smallest absolute Gasteiger partial charge is 0.321 e. The number of aliphatic carboxylic acids is 1. The first-order valence-corrected chi connectivity index (χ1v) is 9.78. The van der Waals surface area contributed by atoms with Crippen LogP contribution in [0.15, 0.2) is 83.9 Å². The third-order valence-corrected chi connectivity index (χ3v) is 5.77. The van der Waals surface area contributed by atoms with Crippen LogP contribution in [-0.4, -0.2) is 21.3 Å². The first-order chi connectivity index (χ1) is 13.6. The lowest BCUT2D eigenvalue weighted by molar-refractivity contribution is -0.136. The fourth-order valence-corrected chi connectivity index (χ4v) is 4.10. The summed E-state index contributed by atoms with van der Waals surface area (Å²) in [6.45, 7) is 2.04. The van der Waals surface area contributed by atoms with Gasteiger partial charge < -0.3 is 5.11 Å². The van der Waals surface area contributed by atoms with E-state index in [1.54, 1.807) is 0 Å². The van der Waals surface area contributed by atoms with Crippen LogP contribution in [0.5, 0.6) is 0 Å². The lowest BCUT2D eigenvalue weighted by atomic mass is 10.0. The average molecular weight is 386 g/mol. The van der Waals surface area contributed by atoms with Gasteiger partial charge in [0.15, 0.2) is 0 Å². The first-order valence-electron chi connectivity index (χ1n) is 8.90. The molecule has 0 saturated carbocycles. The average Bonchev–Trinajstić information content (AvgIpc) is 2.73. The van der Waals surface area contributed by atoms with Gasteiger partial charge >= 0.3 is 5.97 Å². The zero-order chi connectivity index (χ0) is 19.5. The molecule has 28 heavy (non-hydrogen) atoms. The highest BCUT2D eigenvalue weighted by molar-refractivity contribution is 8.00. The molecule has 4 aromatic rings. The number of carbonyl (C=O) groups is 1. The van der Waals surface area contributed by atoms with Crippen molar-refractivity contribution < 1.29 is 9.90 Å². The highest BCUT2D eigenvalue weighted by Crippen LogP contribution is 2.39. The molecule has 0 saturated heterocycles. The molecule has 3 aromatic carbocycles. The number of carboxylic acids is 1. The molecule has 0 unspecified atom stereocenters. The number of nitrogens with zero attached hydrogens (tertiary/aromatic N) is 2. The third kappa shape index (κ3) is 3.62. The highest BCUT2D eigenvalue weighted by atomic mass is 32.2. The molecule has 1 aromatic heterocycles. The number of fused-ring (bicyclic) bond motifs is 1. The number of thioether (sulfide) groups is 1. The van der Waals surface area contributed by atoms with E-state index < -0.39 is 11.2 Å². The Labute approximate surface area is 167 Å². The van der Waals surface area contributed by atoms with Crippen LogP contribution in [-0.2, 0) is 4.79 Å². The lowest BCUT2D eigenvalue weighted by Crippen LogP contribution is -2.08. The van der Waals surface area contributed by atoms with Crippen LogP contribution in [0.2, 0.25) is 0 Å². The van der Waals surface area contributed by atoms with Gasteiger partial charge in [0.2, 0.25) is 0 Å². The van der Waals surface area contributed by atoms with Crippen molar-refractivity contribution in [2.45, 2.75) is 17.2 Å². The summed E-state index contributed by atoms with van der Waals surface area (Å²) >= 11 is 1.21. The topological polar surface area (TPSA) is 63.1 Å². The summed E-state index contributed by atoms with van der Waals surface area (Å²) in [4.78, 5) is 11.9. The molecule has 1 atom stereocenters. The van der Waals surface area contributed by atoms with E-state index in [1.165, 1.54) is 17.3 Å². The van der Waals surface area contributed by atoms with Crippen molar-refractivity contribution in [3.8, 4) is 11.3 Å². The van der Waals surface area contributed by atoms with E-state index in [4.69, 9.17) is 0 Å². The largest absolute Gasteiger partial charge is 0.480 e. The lowest BCUT2D eigenvalue weighted by Gasteiger charge is -2.14. The molecule has 0 bridgehead atoms. The molecule has 0 aliphatic rings. The minimum absolute atomic E-state index is 0.614. The Morgan fingerprint density at radius 2 is 1.50 bits per heavy atom. The van der Waals surface area contributed by atoms with E-state index in [0.29, 0.717) is 5.03 Å². The summed E-state index contributed by atoms with van der Waals surface area (Å²) in [5.41, 5.74) is 3.70. The summed E-state index contributed by atoms with van der Waals surface area (Å²) in [5, 5.41) is 20.3. The Bertz CT molecular complexity index is 1130. The summed E-state index contributed by atoms with van der Waals surface area (Å²) in [7, 11) is 0. The minimum atomic E-state index is -0.898. The molecule has 0 radical (unpaired) electrons. The number of aryl methyl sites for hydroxylation is 1. The zero-order valence-electron chi connectivity index (χ0n) is 15.2. The number of carboxylic acid groups (broad SMARTS) is 1. The van der Waals surface area contributed by atoms with Crippen molar-refractivity contribution >= 4 is 28.5 Å². The maximum atomic E-state index is 11.9. The van der Waals surface area contributed by atoms with Crippen molar-refractivity contribution in [3.05, 3.63) is 90.0 Å². The van der Waals surface area contributed by atoms with Gasteiger partial charge in [0.25, 0.3) is 0 Å². The van der Waals surface area contributed by atoms with E-state index >= 15 is 0 Å². The van der Waals surface area contributed by atoms with E-state index in [-0.39, 0.29) is 0 Å². The maximum absolute atomic E-state index is 11.9. The van der Waals surface area contributed by atoms with Crippen molar-refractivity contribution in [1.82, 2.24) is 10.2 Å². The van der Waals surface area contributed by atoms with Gasteiger partial charge in [-0.05, 0) is 12.5 Å². The van der Waals surface area contributed by atoms with Gasteiger partial charge in [-0.15, -0.1) is 10.2 Å². The van der Waals surface area contributed by atoms with Crippen LogP contribution in [0.1, 0.15) is 16.4 Å². The van der Waals surface area contributed by atoms with Crippen LogP contribution in [0.3, 0.4) is 0 Å². The second kappa shape index (κ2) is 7.82. The minimum Gasteiger partial charge on any atom is -0.480 e. The predicted octanol–water partition coefficient (Wildman–Crippen LogP) is 5.52. The molecule has 0 amide bonds. The molecule has 4 nitrogen and oxygen atoms in total. The van der Waals surface area contributed by atoms with E-state index in [1.807, 2.05) is 85.8 Å². The zero-order valence-corrected chi connectivity index (χ0v) is 16.1. The molecule has 138 valence electrons. The molecule has 5 heteroatoms. The molecule has 4 rings (SSSR count). The predicted molar refractivity (Wildman–Crippen MR) is 112 cm³/mol. The van der Waals surface area contributed by atoms with Crippen molar-refractivity contribution in [3.63, 3.8) is 0 Å². The highest BCUT2D eigenvalue weighted by Gasteiger charge is 2.23. The Kier molecular flexibility index (Phi) is 5.08. The molecule has 0 spiro atoms. The summed E-state index contributed by atoms with van der Waals surface area (Å²) in [6, 6.07) is 25.2. The molecule has 1 heterocycles. The second-order valence-electron chi connectivity index (χ2n) is 6.51. The standard InChI is InChI=1S/C23H18N2O2S/c1-15-11-13-16(14-12-15)20-18-9-5-6-10-19(18)22(25-24-20)28-21(23(26)27)17-7-3-2-4-8-17/h2-14,21H,1H3,(H,26,27)/t21-/m1/s1. The number of rotatable bonds is 5. The van der Waals surface area contributed by atoms with Gasteiger partial charge in [0.1, 0.15) is 16.0 Å². The van der Waals surface area contributed by atoms with Gasteiger partial charge in [-0.3, -0.25) is 4.79 Å². The van der Waals surface area contributed by atoms with E-state index in [9.17, 15) is 9.90 Å². The van der Waals surface area contributed by atoms with Crippen LogP contribution in [0.25, 0.3) is 22.0 Å². The van der Waals surface area contributed by atoms with Crippen molar-refractivity contribution in [2.24, 2.45) is 0 Å². The second-order valence-corrected chi connectivity index (χ2v) is 7.61.